The van der Waals surface area contributed by atoms with Crippen molar-refractivity contribution in [1.29, 1.82) is 0 Å². The second kappa shape index (κ2) is 10.4. The van der Waals surface area contributed by atoms with E-state index in [-0.39, 0.29) is 16.7 Å². The van der Waals surface area contributed by atoms with Crippen molar-refractivity contribution in [2.75, 3.05) is 6.54 Å². The molecule has 0 radical (unpaired) electrons. The molecule has 1 atom stereocenters. The van der Waals surface area contributed by atoms with Gasteiger partial charge >= 0.3 is 0 Å². The van der Waals surface area contributed by atoms with Gasteiger partial charge in [-0.1, -0.05) is 68.1 Å². The third-order valence-corrected chi connectivity index (χ3v) is 5.94. The Labute approximate surface area is 181 Å². The summed E-state index contributed by atoms with van der Waals surface area (Å²) in [6, 6.07) is 17.6. The van der Waals surface area contributed by atoms with Crippen LogP contribution in [0.4, 0.5) is 0 Å². The van der Waals surface area contributed by atoms with Crippen LogP contribution in [0, 0.1) is 5.92 Å². The van der Waals surface area contributed by atoms with E-state index in [0.29, 0.717) is 35.1 Å². The first-order chi connectivity index (χ1) is 14.5. The number of amides is 1. The molecule has 3 rings (SSSR count). The third kappa shape index (κ3) is 5.72. The number of carbonyl (C=O) groups excluding carboxylic acids is 1. The molecule has 0 saturated heterocycles. The van der Waals surface area contributed by atoms with E-state index in [1.807, 2.05) is 49.4 Å². The number of aromatic nitrogens is 2. The van der Waals surface area contributed by atoms with Crippen molar-refractivity contribution in [3.63, 3.8) is 0 Å². The summed E-state index contributed by atoms with van der Waals surface area (Å²) in [5.41, 5.74) is 1.86. The highest BCUT2D eigenvalue weighted by Gasteiger charge is 2.19. The number of aryl methyl sites for hydroxylation is 1. The van der Waals surface area contributed by atoms with Crippen LogP contribution in [0.1, 0.15) is 32.8 Å². The van der Waals surface area contributed by atoms with Gasteiger partial charge in [-0.3, -0.25) is 14.2 Å². The van der Waals surface area contributed by atoms with E-state index < -0.39 is 0 Å². The van der Waals surface area contributed by atoms with Crippen LogP contribution >= 0.6 is 11.8 Å². The summed E-state index contributed by atoms with van der Waals surface area (Å²) in [6.45, 7) is 7.18. The Bertz CT molecular complexity index is 1050. The molecule has 0 saturated carbocycles. The standard InChI is InChI=1S/C24H29N3O2S/c1-17(2)16-25-22(28)18(3)30-24-26-21-14-8-7-13-20(21)23(29)27(24)15-9-12-19-10-5-4-6-11-19/h4-8,10-11,13-14,17-18H,9,12,15-16H2,1-3H3,(H,25,28)/t18-/m1/s1. The van der Waals surface area contributed by atoms with E-state index in [4.69, 9.17) is 4.98 Å². The van der Waals surface area contributed by atoms with Gasteiger partial charge in [-0.05, 0) is 43.4 Å². The minimum Gasteiger partial charge on any atom is -0.355 e. The summed E-state index contributed by atoms with van der Waals surface area (Å²) in [6.07, 6.45) is 1.71. The lowest BCUT2D eigenvalue weighted by Gasteiger charge is -2.17. The van der Waals surface area contributed by atoms with E-state index in [9.17, 15) is 9.59 Å². The quantitative estimate of drug-likeness (QED) is 0.412. The molecule has 1 aromatic heterocycles. The molecule has 0 unspecified atom stereocenters. The van der Waals surface area contributed by atoms with Gasteiger partial charge in [0.25, 0.3) is 5.56 Å². The Morgan fingerprint density at radius 1 is 1.07 bits per heavy atom. The van der Waals surface area contributed by atoms with Gasteiger partial charge in [0, 0.05) is 13.1 Å². The molecule has 6 heteroatoms. The Balaban J connectivity index is 1.83. The zero-order chi connectivity index (χ0) is 21.5. The molecule has 1 amide bonds. The van der Waals surface area contributed by atoms with Crippen LogP contribution in [-0.2, 0) is 17.8 Å². The Kier molecular flexibility index (Phi) is 7.69. The average Bonchev–Trinajstić information content (AvgIpc) is 2.74. The van der Waals surface area contributed by atoms with Crippen molar-refractivity contribution < 1.29 is 4.79 Å². The number of para-hydroxylation sites is 1. The van der Waals surface area contributed by atoms with Gasteiger partial charge in [0.2, 0.25) is 5.91 Å². The molecular formula is C24H29N3O2S. The van der Waals surface area contributed by atoms with Gasteiger partial charge in [-0.15, -0.1) is 0 Å². The van der Waals surface area contributed by atoms with Crippen LogP contribution in [0.5, 0.6) is 0 Å². The van der Waals surface area contributed by atoms with E-state index in [0.717, 1.165) is 12.8 Å². The average molecular weight is 424 g/mol. The first-order valence-electron chi connectivity index (χ1n) is 10.4. The second-order valence-electron chi connectivity index (χ2n) is 7.86. The van der Waals surface area contributed by atoms with Crippen LogP contribution < -0.4 is 10.9 Å². The summed E-state index contributed by atoms with van der Waals surface area (Å²) in [5.74, 6) is 0.355. The Morgan fingerprint density at radius 2 is 1.77 bits per heavy atom. The minimum absolute atomic E-state index is 0.0352. The molecule has 5 nitrogen and oxygen atoms in total. The number of nitrogens with zero attached hydrogens (tertiary/aromatic N) is 2. The fraction of sp³-hybridized carbons (Fsp3) is 0.375. The largest absolute Gasteiger partial charge is 0.355 e. The lowest BCUT2D eigenvalue weighted by molar-refractivity contribution is -0.120. The molecule has 0 fully saturated rings. The highest BCUT2D eigenvalue weighted by Crippen LogP contribution is 2.23. The van der Waals surface area contributed by atoms with Crippen molar-refractivity contribution in [1.82, 2.24) is 14.9 Å². The molecule has 0 bridgehead atoms. The summed E-state index contributed by atoms with van der Waals surface area (Å²) in [5, 5.41) is 3.83. The smallest absolute Gasteiger partial charge is 0.262 e. The zero-order valence-corrected chi connectivity index (χ0v) is 18.6. The number of thioether (sulfide) groups is 1. The number of fused-ring (bicyclic) bond motifs is 1. The molecule has 0 aliphatic rings. The normalized spacial score (nSPS) is 12.3. The molecule has 3 aromatic rings. The van der Waals surface area contributed by atoms with Gasteiger partial charge in [-0.2, -0.15) is 0 Å². The molecule has 0 aliphatic carbocycles. The summed E-state index contributed by atoms with van der Waals surface area (Å²) >= 11 is 1.35. The summed E-state index contributed by atoms with van der Waals surface area (Å²) in [7, 11) is 0. The zero-order valence-electron chi connectivity index (χ0n) is 17.8. The van der Waals surface area contributed by atoms with Crippen molar-refractivity contribution in [3.8, 4) is 0 Å². The number of hydrogen-bond donors (Lipinski definition) is 1. The van der Waals surface area contributed by atoms with E-state index >= 15 is 0 Å². The topological polar surface area (TPSA) is 64.0 Å². The van der Waals surface area contributed by atoms with Gasteiger partial charge in [-0.25, -0.2) is 4.98 Å². The number of hydrogen-bond acceptors (Lipinski definition) is 4. The van der Waals surface area contributed by atoms with E-state index in [1.54, 1.807) is 4.57 Å². The van der Waals surface area contributed by atoms with Crippen LogP contribution in [0.2, 0.25) is 0 Å². The SMILES string of the molecule is CC(C)CNC(=O)[C@@H](C)Sc1nc2ccccc2c(=O)n1CCCc1ccccc1. The first kappa shape index (κ1) is 22.1. The van der Waals surface area contributed by atoms with E-state index in [1.165, 1.54) is 17.3 Å². The molecule has 2 aromatic carbocycles. The second-order valence-corrected chi connectivity index (χ2v) is 9.16. The number of carbonyl (C=O) groups is 1. The van der Waals surface area contributed by atoms with Gasteiger partial charge in [0.05, 0.1) is 16.2 Å². The maximum absolute atomic E-state index is 13.2. The van der Waals surface area contributed by atoms with Gasteiger partial charge in [0.1, 0.15) is 0 Å². The lowest BCUT2D eigenvalue weighted by Crippen LogP contribution is -2.34. The van der Waals surface area contributed by atoms with Crippen LogP contribution in [-0.4, -0.2) is 27.3 Å². The monoisotopic (exact) mass is 423 g/mol. The highest BCUT2D eigenvalue weighted by atomic mass is 32.2. The fourth-order valence-corrected chi connectivity index (χ4v) is 4.14. The molecule has 0 spiro atoms. The summed E-state index contributed by atoms with van der Waals surface area (Å²) < 4.78 is 1.72. The van der Waals surface area contributed by atoms with Crippen molar-refractivity contribution in [2.45, 2.75) is 50.6 Å². The van der Waals surface area contributed by atoms with Gasteiger partial charge in [0.15, 0.2) is 5.16 Å². The molecule has 158 valence electrons. The maximum Gasteiger partial charge on any atom is 0.262 e. The van der Waals surface area contributed by atoms with Crippen molar-refractivity contribution >= 4 is 28.6 Å². The predicted octanol–water partition coefficient (Wildman–Crippen LogP) is 4.28. The highest BCUT2D eigenvalue weighted by molar-refractivity contribution is 8.00. The molecule has 30 heavy (non-hydrogen) atoms. The summed E-state index contributed by atoms with van der Waals surface area (Å²) in [4.78, 5) is 30.4. The van der Waals surface area contributed by atoms with E-state index in [2.05, 4.69) is 31.3 Å². The van der Waals surface area contributed by atoms with Crippen molar-refractivity contribution in [2.24, 2.45) is 5.92 Å². The minimum atomic E-state index is -0.336. The number of nitrogens with one attached hydrogen (secondary N) is 1. The number of benzene rings is 2. The molecule has 0 aliphatic heterocycles. The van der Waals surface area contributed by atoms with Crippen LogP contribution in [0.25, 0.3) is 10.9 Å². The maximum atomic E-state index is 13.2. The van der Waals surface area contributed by atoms with Crippen LogP contribution in [0.3, 0.4) is 0 Å². The Morgan fingerprint density at radius 3 is 2.50 bits per heavy atom. The van der Waals surface area contributed by atoms with Gasteiger partial charge < -0.3 is 5.32 Å². The molecular weight excluding hydrogens is 394 g/mol. The fourth-order valence-electron chi connectivity index (χ4n) is 3.18. The van der Waals surface area contributed by atoms with Crippen molar-refractivity contribution in [3.05, 3.63) is 70.5 Å². The number of rotatable bonds is 9. The van der Waals surface area contributed by atoms with Crippen LogP contribution in [0.15, 0.2) is 64.5 Å². The molecule has 1 N–H and O–H groups in total. The lowest BCUT2D eigenvalue weighted by atomic mass is 10.1. The predicted molar refractivity (Wildman–Crippen MR) is 124 cm³/mol. The Hall–Kier alpha value is -2.60. The third-order valence-electron chi connectivity index (χ3n) is 4.85. The molecule has 1 heterocycles. The first-order valence-corrected chi connectivity index (χ1v) is 11.3.